The second-order valence-corrected chi connectivity index (χ2v) is 8.50. The Morgan fingerprint density at radius 1 is 0.735 bits per heavy atom. The number of ether oxygens (including phenoxy) is 1. The summed E-state index contributed by atoms with van der Waals surface area (Å²) >= 11 is 0. The molecule has 0 saturated carbocycles. The van der Waals surface area contributed by atoms with E-state index in [4.69, 9.17) is 4.74 Å². The van der Waals surface area contributed by atoms with Crippen LogP contribution in [0.1, 0.15) is 11.1 Å². The molecular weight excluding hydrogens is 422 g/mol. The molecule has 0 aliphatic carbocycles. The molecule has 0 heterocycles. The molecule has 34 heavy (non-hydrogen) atoms. The van der Waals surface area contributed by atoms with Crippen LogP contribution in [-0.4, -0.2) is 25.0 Å². The third-order valence-corrected chi connectivity index (χ3v) is 6.29. The van der Waals surface area contributed by atoms with Crippen LogP contribution in [0.3, 0.4) is 0 Å². The fraction of sp³-hybridized carbons (Fsp3) is 0.133. The minimum atomic E-state index is -0.785. The summed E-state index contributed by atoms with van der Waals surface area (Å²) in [6.45, 7) is 0. The Labute approximate surface area is 198 Å². The van der Waals surface area contributed by atoms with Crippen LogP contribution < -0.4 is 5.32 Å². The third-order valence-electron chi connectivity index (χ3n) is 6.29. The van der Waals surface area contributed by atoms with Crippen molar-refractivity contribution in [3.05, 3.63) is 108 Å². The number of hydrogen-bond acceptors (Lipinski definition) is 3. The van der Waals surface area contributed by atoms with E-state index in [1.165, 1.54) is 7.11 Å². The maximum Gasteiger partial charge on any atom is 0.328 e. The molecule has 0 aliphatic rings. The lowest BCUT2D eigenvalue weighted by Gasteiger charge is -2.19. The molecule has 0 radical (unpaired) electrons. The number of amides is 1. The molecule has 0 aliphatic heterocycles. The van der Waals surface area contributed by atoms with Crippen LogP contribution in [0.2, 0.25) is 0 Å². The summed E-state index contributed by atoms with van der Waals surface area (Å²) in [5, 5.41) is 9.47. The van der Waals surface area contributed by atoms with Crippen molar-refractivity contribution < 1.29 is 14.3 Å². The lowest BCUT2D eigenvalue weighted by molar-refractivity contribution is -0.145. The molecule has 4 nitrogen and oxygen atoms in total. The van der Waals surface area contributed by atoms with E-state index in [0.29, 0.717) is 6.42 Å². The molecule has 0 unspecified atom stereocenters. The molecule has 5 rings (SSSR count). The van der Waals surface area contributed by atoms with Gasteiger partial charge in [0.1, 0.15) is 6.04 Å². The largest absolute Gasteiger partial charge is 0.467 e. The molecule has 0 bridgehead atoms. The fourth-order valence-corrected chi connectivity index (χ4v) is 4.65. The van der Waals surface area contributed by atoms with E-state index in [1.54, 1.807) is 0 Å². The van der Waals surface area contributed by atoms with Crippen molar-refractivity contribution in [1.29, 1.82) is 0 Å². The summed E-state index contributed by atoms with van der Waals surface area (Å²) in [5.74, 6) is -0.667. The van der Waals surface area contributed by atoms with Crippen LogP contribution >= 0.6 is 0 Å². The number of nitrogens with one attached hydrogen (secondary N) is 1. The van der Waals surface area contributed by atoms with Gasteiger partial charge in [0.25, 0.3) is 0 Å². The van der Waals surface area contributed by atoms with Crippen molar-refractivity contribution in [3.63, 3.8) is 0 Å². The van der Waals surface area contributed by atoms with Gasteiger partial charge < -0.3 is 10.1 Å². The van der Waals surface area contributed by atoms with Crippen molar-refractivity contribution in [3.8, 4) is 0 Å². The average Bonchev–Trinajstić information content (AvgIpc) is 2.87. The van der Waals surface area contributed by atoms with Gasteiger partial charge in [0.05, 0.1) is 13.5 Å². The van der Waals surface area contributed by atoms with Crippen LogP contribution in [0.15, 0.2) is 97.1 Å². The predicted octanol–water partition coefficient (Wildman–Crippen LogP) is 5.59. The smallest absolute Gasteiger partial charge is 0.328 e. The second-order valence-electron chi connectivity index (χ2n) is 8.50. The van der Waals surface area contributed by atoms with Crippen molar-refractivity contribution in [2.75, 3.05) is 7.11 Å². The molecule has 5 aromatic rings. The van der Waals surface area contributed by atoms with Gasteiger partial charge in [0.2, 0.25) is 5.91 Å². The van der Waals surface area contributed by atoms with E-state index >= 15 is 0 Å². The third kappa shape index (κ3) is 4.35. The van der Waals surface area contributed by atoms with Gasteiger partial charge >= 0.3 is 5.97 Å². The van der Waals surface area contributed by atoms with Crippen LogP contribution in [0.25, 0.3) is 32.3 Å². The molecule has 5 aromatic carbocycles. The first kappa shape index (κ1) is 21.7. The quantitative estimate of drug-likeness (QED) is 0.273. The van der Waals surface area contributed by atoms with Gasteiger partial charge in [-0.25, -0.2) is 4.79 Å². The normalized spacial score (nSPS) is 12.0. The summed E-state index contributed by atoms with van der Waals surface area (Å²) in [4.78, 5) is 25.7. The lowest BCUT2D eigenvalue weighted by Crippen LogP contribution is -2.43. The predicted molar refractivity (Wildman–Crippen MR) is 137 cm³/mol. The van der Waals surface area contributed by atoms with Crippen LogP contribution in [0, 0.1) is 0 Å². The van der Waals surface area contributed by atoms with Gasteiger partial charge in [-0.05, 0) is 49.5 Å². The molecular formula is C30H25NO3. The lowest BCUT2D eigenvalue weighted by atomic mass is 9.92. The zero-order chi connectivity index (χ0) is 23.5. The Kier molecular flexibility index (Phi) is 5.96. The maximum atomic E-state index is 13.0. The zero-order valence-electron chi connectivity index (χ0n) is 19.0. The standard InChI is InChI=1S/C30H25NO3/c1-34-30(33)28(31-29(32)17-20-14-15-21-8-2-3-9-22(21)16-20)19-27-25-12-6-4-10-23(25)18-24-11-5-7-13-26(24)27/h2-16,18,28H,17,19H2,1H3,(H,31,32)/t28-/m0/s1. The number of fused-ring (bicyclic) bond motifs is 3. The Balaban J connectivity index is 1.44. The highest BCUT2D eigenvalue weighted by atomic mass is 16.5. The molecule has 0 spiro atoms. The zero-order valence-corrected chi connectivity index (χ0v) is 19.0. The summed E-state index contributed by atoms with van der Waals surface area (Å²) in [6.07, 6.45) is 0.534. The Hall–Kier alpha value is -4.18. The first-order valence-electron chi connectivity index (χ1n) is 11.4. The van der Waals surface area contributed by atoms with Crippen molar-refractivity contribution in [1.82, 2.24) is 5.32 Å². The summed E-state index contributed by atoms with van der Waals surface area (Å²) in [6, 6.07) is 31.6. The van der Waals surface area contributed by atoms with Crippen LogP contribution in [0.5, 0.6) is 0 Å². The van der Waals surface area contributed by atoms with Gasteiger partial charge in [-0.2, -0.15) is 0 Å². The molecule has 1 amide bonds. The van der Waals surface area contributed by atoms with E-state index in [-0.39, 0.29) is 12.3 Å². The molecule has 0 saturated heterocycles. The highest BCUT2D eigenvalue weighted by Gasteiger charge is 2.24. The Morgan fingerprint density at radius 2 is 1.32 bits per heavy atom. The average molecular weight is 448 g/mol. The second kappa shape index (κ2) is 9.36. The Morgan fingerprint density at radius 3 is 1.97 bits per heavy atom. The highest BCUT2D eigenvalue weighted by molar-refractivity contribution is 6.03. The number of methoxy groups -OCH3 is 1. The van der Waals surface area contributed by atoms with E-state index in [2.05, 4.69) is 35.6 Å². The van der Waals surface area contributed by atoms with Gasteiger partial charge in [0.15, 0.2) is 0 Å². The van der Waals surface area contributed by atoms with Crippen molar-refractivity contribution in [2.24, 2.45) is 0 Å². The van der Waals surface area contributed by atoms with E-state index in [9.17, 15) is 9.59 Å². The summed E-state index contributed by atoms with van der Waals surface area (Å²) < 4.78 is 5.06. The number of carbonyl (C=O) groups is 2. The molecule has 1 atom stereocenters. The summed E-state index contributed by atoms with van der Waals surface area (Å²) in [5.41, 5.74) is 1.92. The van der Waals surface area contributed by atoms with Crippen molar-refractivity contribution in [2.45, 2.75) is 18.9 Å². The first-order valence-corrected chi connectivity index (χ1v) is 11.4. The minimum absolute atomic E-state index is 0.189. The number of hydrogen-bond donors (Lipinski definition) is 1. The Bertz CT molecular complexity index is 1470. The topological polar surface area (TPSA) is 55.4 Å². The summed E-state index contributed by atoms with van der Waals surface area (Å²) in [7, 11) is 1.35. The number of carbonyl (C=O) groups excluding carboxylic acids is 2. The maximum absolute atomic E-state index is 13.0. The van der Waals surface area contributed by atoms with Crippen molar-refractivity contribution >= 4 is 44.2 Å². The number of esters is 1. The van der Waals surface area contributed by atoms with E-state index in [1.807, 2.05) is 66.7 Å². The minimum Gasteiger partial charge on any atom is -0.467 e. The van der Waals surface area contributed by atoms with E-state index < -0.39 is 12.0 Å². The van der Waals surface area contributed by atoms with Gasteiger partial charge in [-0.1, -0.05) is 91.0 Å². The number of rotatable bonds is 6. The molecule has 0 fully saturated rings. The SMILES string of the molecule is COC(=O)[C@H](Cc1c2ccccc2cc2ccccc12)NC(=O)Cc1ccc2ccccc2c1. The van der Waals surface area contributed by atoms with Gasteiger partial charge in [0, 0.05) is 6.42 Å². The monoisotopic (exact) mass is 447 g/mol. The first-order chi connectivity index (χ1) is 16.6. The molecule has 0 aromatic heterocycles. The van der Waals surface area contributed by atoms with Crippen LogP contribution in [-0.2, 0) is 27.2 Å². The number of benzene rings is 5. The fourth-order valence-electron chi connectivity index (χ4n) is 4.65. The van der Waals surface area contributed by atoms with Crippen LogP contribution in [0.4, 0.5) is 0 Å². The van der Waals surface area contributed by atoms with E-state index in [0.717, 1.165) is 43.4 Å². The van der Waals surface area contributed by atoms with Gasteiger partial charge in [-0.15, -0.1) is 0 Å². The molecule has 4 heteroatoms. The highest BCUT2D eigenvalue weighted by Crippen LogP contribution is 2.29. The molecule has 1 N–H and O–H groups in total. The van der Waals surface area contributed by atoms with Gasteiger partial charge in [-0.3, -0.25) is 4.79 Å². The molecule has 168 valence electrons.